The lowest BCUT2D eigenvalue weighted by Gasteiger charge is -2.10. The van der Waals surface area contributed by atoms with Crippen LogP contribution in [0, 0.1) is 5.92 Å². The zero-order valence-electron chi connectivity index (χ0n) is 9.78. The molecule has 1 unspecified atom stereocenters. The van der Waals surface area contributed by atoms with E-state index in [9.17, 15) is 0 Å². The van der Waals surface area contributed by atoms with Gasteiger partial charge in [-0.3, -0.25) is 0 Å². The fourth-order valence-corrected chi connectivity index (χ4v) is 3.50. The Labute approximate surface area is 106 Å². The average Bonchev–Trinajstić information content (AvgIpc) is 2.98. The number of rotatable bonds is 4. The Balaban J connectivity index is 1.51. The summed E-state index contributed by atoms with van der Waals surface area (Å²) >= 11 is 2.07. The molecule has 92 valence electrons. The third-order valence-corrected chi connectivity index (χ3v) is 4.45. The molecule has 3 nitrogen and oxygen atoms in total. The van der Waals surface area contributed by atoms with Gasteiger partial charge in [0, 0.05) is 6.54 Å². The van der Waals surface area contributed by atoms with Crippen molar-refractivity contribution in [2.24, 2.45) is 5.92 Å². The van der Waals surface area contributed by atoms with E-state index in [-0.39, 0.29) is 0 Å². The first kappa shape index (κ1) is 11.2. The molecule has 2 aliphatic rings. The largest absolute Gasteiger partial charge is 0.454 e. The molecular formula is C13H17NO2S. The summed E-state index contributed by atoms with van der Waals surface area (Å²) in [5.41, 5.74) is 1.26. The van der Waals surface area contributed by atoms with Gasteiger partial charge in [-0.05, 0) is 48.1 Å². The molecule has 1 fully saturated rings. The maximum Gasteiger partial charge on any atom is 0.231 e. The van der Waals surface area contributed by atoms with E-state index in [0.717, 1.165) is 30.5 Å². The van der Waals surface area contributed by atoms with E-state index in [1.165, 1.54) is 23.5 Å². The van der Waals surface area contributed by atoms with Crippen LogP contribution >= 0.6 is 11.8 Å². The second-order valence-corrected chi connectivity index (χ2v) is 5.70. The van der Waals surface area contributed by atoms with Crippen LogP contribution in [-0.4, -0.2) is 24.8 Å². The second-order valence-electron chi connectivity index (χ2n) is 4.55. The summed E-state index contributed by atoms with van der Waals surface area (Å²) in [6.07, 6.45) is 1.36. The van der Waals surface area contributed by atoms with Crippen molar-refractivity contribution in [3.8, 4) is 11.5 Å². The van der Waals surface area contributed by atoms with Crippen LogP contribution in [0.2, 0.25) is 0 Å². The van der Waals surface area contributed by atoms with Gasteiger partial charge in [-0.2, -0.15) is 11.8 Å². The van der Waals surface area contributed by atoms with E-state index in [1.807, 2.05) is 6.07 Å². The molecule has 1 aromatic rings. The first-order valence-electron chi connectivity index (χ1n) is 6.09. The fourth-order valence-electron chi connectivity index (χ4n) is 2.22. The summed E-state index contributed by atoms with van der Waals surface area (Å²) in [5, 5.41) is 3.53. The molecule has 2 aliphatic heterocycles. The van der Waals surface area contributed by atoms with Crippen LogP contribution in [0.1, 0.15) is 12.0 Å². The molecule has 3 rings (SSSR count). The predicted octanol–water partition coefficient (Wildman–Crippen LogP) is 2.26. The van der Waals surface area contributed by atoms with Crippen LogP contribution in [0.4, 0.5) is 0 Å². The molecule has 4 heteroatoms. The van der Waals surface area contributed by atoms with Gasteiger partial charge in [0.05, 0.1) is 0 Å². The fraction of sp³-hybridized carbons (Fsp3) is 0.538. The molecule has 0 aromatic heterocycles. The molecule has 17 heavy (non-hydrogen) atoms. The standard InChI is InChI=1S/C13H17NO2S/c1-2-12-13(16-9-15-12)5-10(1)6-14-7-11-3-4-17-8-11/h1-2,5,11,14H,3-4,6-9H2. The molecule has 1 atom stereocenters. The van der Waals surface area contributed by atoms with E-state index >= 15 is 0 Å². The minimum Gasteiger partial charge on any atom is -0.454 e. The van der Waals surface area contributed by atoms with Gasteiger partial charge in [0.1, 0.15) is 0 Å². The lowest BCUT2D eigenvalue weighted by atomic mass is 10.1. The van der Waals surface area contributed by atoms with E-state index < -0.39 is 0 Å². The first-order chi connectivity index (χ1) is 8.42. The molecule has 1 N–H and O–H groups in total. The van der Waals surface area contributed by atoms with Gasteiger partial charge >= 0.3 is 0 Å². The summed E-state index contributed by atoms with van der Waals surface area (Å²) in [6, 6.07) is 6.16. The van der Waals surface area contributed by atoms with Gasteiger partial charge in [0.25, 0.3) is 0 Å². The third kappa shape index (κ3) is 2.69. The summed E-state index contributed by atoms with van der Waals surface area (Å²) in [5.74, 6) is 5.24. The SMILES string of the molecule is c1cc2c(cc1CNCC1CCSC1)OCO2. The average molecular weight is 251 g/mol. The highest BCUT2D eigenvalue weighted by Gasteiger charge is 2.15. The highest BCUT2D eigenvalue weighted by atomic mass is 32.2. The number of hydrogen-bond acceptors (Lipinski definition) is 4. The third-order valence-electron chi connectivity index (χ3n) is 3.22. The van der Waals surface area contributed by atoms with Gasteiger partial charge < -0.3 is 14.8 Å². The lowest BCUT2D eigenvalue weighted by molar-refractivity contribution is 0.174. The summed E-state index contributed by atoms with van der Waals surface area (Å²) < 4.78 is 10.7. The highest BCUT2D eigenvalue weighted by Crippen LogP contribution is 2.32. The Kier molecular flexibility index (Phi) is 3.43. The second kappa shape index (κ2) is 5.19. The highest BCUT2D eigenvalue weighted by molar-refractivity contribution is 7.99. The number of benzene rings is 1. The van der Waals surface area contributed by atoms with Crippen LogP contribution in [0.25, 0.3) is 0 Å². The Hall–Kier alpha value is -0.870. The van der Waals surface area contributed by atoms with Gasteiger partial charge in [0.15, 0.2) is 11.5 Å². The van der Waals surface area contributed by atoms with Crippen LogP contribution in [0.15, 0.2) is 18.2 Å². The number of nitrogens with one attached hydrogen (secondary N) is 1. The van der Waals surface area contributed by atoms with Gasteiger partial charge in [-0.25, -0.2) is 0 Å². The van der Waals surface area contributed by atoms with Gasteiger partial charge in [-0.1, -0.05) is 6.07 Å². The molecule has 0 aliphatic carbocycles. The number of fused-ring (bicyclic) bond motifs is 1. The van der Waals surface area contributed by atoms with Crippen molar-refractivity contribution in [2.75, 3.05) is 24.8 Å². The minimum absolute atomic E-state index is 0.353. The van der Waals surface area contributed by atoms with Gasteiger partial charge in [0.2, 0.25) is 6.79 Å². The topological polar surface area (TPSA) is 30.5 Å². The van der Waals surface area contributed by atoms with E-state index in [4.69, 9.17) is 9.47 Å². The summed E-state index contributed by atoms with van der Waals surface area (Å²) in [6.45, 7) is 2.39. The lowest BCUT2D eigenvalue weighted by Crippen LogP contribution is -2.22. The molecule has 0 spiro atoms. The molecule has 1 saturated heterocycles. The number of thioether (sulfide) groups is 1. The van der Waals surface area contributed by atoms with Crippen LogP contribution in [0.5, 0.6) is 11.5 Å². The Bertz CT molecular complexity index is 391. The molecule has 2 heterocycles. The molecule has 0 bridgehead atoms. The van der Waals surface area contributed by atoms with Crippen molar-refractivity contribution in [1.82, 2.24) is 5.32 Å². The van der Waals surface area contributed by atoms with Crippen LogP contribution in [-0.2, 0) is 6.54 Å². The zero-order chi connectivity index (χ0) is 11.5. The van der Waals surface area contributed by atoms with Crippen molar-refractivity contribution in [3.05, 3.63) is 23.8 Å². The monoisotopic (exact) mass is 251 g/mol. The van der Waals surface area contributed by atoms with Crippen molar-refractivity contribution < 1.29 is 9.47 Å². The summed E-state index contributed by atoms with van der Waals surface area (Å²) in [4.78, 5) is 0. The molecule has 0 saturated carbocycles. The van der Waals surface area contributed by atoms with E-state index in [2.05, 4.69) is 29.2 Å². The smallest absolute Gasteiger partial charge is 0.231 e. The van der Waals surface area contributed by atoms with E-state index in [1.54, 1.807) is 0 Å². The summed E-state index contributed by atoms with van der Waals surface area (Å²) in [7, 11) is 0. The maximum atomic E-state index is 5.37. The van der Waals surface area contributed by atoms with Crippen molar-refractivity contribution >= 4 is 11.8 Å². The Morgan fingerprint density at radius 2 is 2.24 bits per heavy atom. The van der Waals surface area contributed by atoms with Crippen molar-refractivity contribution in [3.63, 3.8) is 0 Å². The molecule has 0 amide bonds. The minimum atomic E-state index is 0.353. The van der Waals surface area contributed by atoms with Crippen molar-refractivity contribution in [1.29, 1.82) is 0 Å². The Morgan fingerprint density at radius 1 is 1.29 bits per heavy atom. The maximum absolute atomic E-state index is 5.37. The molecular weight excluding hydrogens is 234 g/mol. The van der Waals surface area contributed by atoms with Crippen molar-refractivity contribution in [2.45, 2.75) is 13.0 Å². The first-order valence-corrected chi connectivity index (χ1v) is 7.24. The van der Waals surface area contributed by atoms with E-state index in [0.29, 0.717) is 6.79 Å². The zero-order valence-corrected chi connectivity index (χ0v) is 10.6. The molecule has 1 aromatic carbocycles. The van der Waals surface area contributed by atoms with Gasteiger partial charge in [-0.15, -0.1) is 0 Å². The van der Waals surface area contributed by atoms with Crippen LogP contribution < -0.4 is 14.8 Å². The number of ether oxygens (including phenoxy) is 2. The quantitative estimate of drug-likeness (QED) is 0.889. The van der Waals surface area contributed by atoms with Crippen LogP contribution in [0.3, 0.4) is 0 Å². The number of hydrogen-bond donors (Lipinski definition) is 1. The normalized spacial score (nSPS) is 22.0. The predicted molar refractivity (Wildman–Crippen MR) is 69.7 cm³/mol. The molecule has 0 radical (unpaired) electrons. The Morgan fingerprint density at radius 3 is 3.12 bits per heavy atom.